The number of ether oxygens (including phenoxy) is 2. The Morgan fingerprint density at radius 3 is 1.83 bits per heavy atom. The Labute approximate surface area is 357 Å². The highest BCUT2D eigenvalue weighted by molar-refractivity contribution is 7.47. The molecule has 9 atom stereocenters. The summed E-state index contributed by atoms with van der Waals surface area (Å²) < 4.78 is 33.3. The maximum atomic E-state index is 12.8. The van der Waals surface area contributed by atoms with Gasteiger partial charge in [-0.1, -0.05) is 125 Å². The molecule has 1 fully saturated rings. The van der Waals surface area contributed by atoms with Crippen molar-refractivity contribution in [1.29, 1.82) is 0 Å². The second-order valence-electron chi connectivity index (χ2n) is 14.7. The van der Waals surface area contributed by atoms with Gasteiger partial charge in [0.1, 0.15) is 43.2 Å². The van der Waals surface area contributed by atoms with Gasteiger partial charge >= 0.3 is 19.8 Å². The SMILES string of the molecule is CC/C=C\C/C=C\CC(O)/C=C/C=C\C/C=C\CCCC(=O)O[C@H](COC(=O)CCCCCCC/C=C\C/C=C\CCC)COP(=O)(O)OC1[C@H](O)[C@H](O)C(O)[C@H](O)[C@H]1O. The third kappa shape index (κ3) is 27.0. The lowest BCUT2D eigenvalue weighted by atomic mass is 9.85. The Morgan fingerprint density at radius 2 is 1.17 bits per heavy atom. The second kappa shape index (κ2) is 34.6. The molecule has 1 aliphatic rings. The first-order chi connectivity index (χ1) is 28.8. The van der Waals surface area contributed by atoms with Crippen molar-refractivity contribution in [2.45, 2.75) is 172 Å². The standard InChI is InChI=1S/C45H73O14P/c1-3-5-7-9-11-12-13-14-15-16-20-24-28-32-38(47)56-34-37(35-57-60(54,55)59-45-43(52)41(50)40(49)42(51)44(45)53)58-39(48)33-29-25-21-18-17-19-23-27-31-36(46)30-26-22-10-8-6-4-2/h6-9,12-13,18-19,21-23,26-27,31,36-37,40-46,49-53H,3-5,10-11,14-17,20,24-25,28-30,32-35H2,1-2H3,(H,54,55)/b8-6-,9-7-,13-12-,21-18-,23-19-,26-22-,31-27+/t36?,37-,40?,41-,42+,43-,44-,45?/m1/s1. The molecule has 1 saturated carbocycles. The summed E-state index contributed by atoms with van der Waals surface area (Å²) in [5.74, 6) is -1.23. The third-order valence-electron chi connectivity index (χ3n) is 9.28. The molecule has 4 unspecified atom stereocenters. The Bertz CT molecular complexity index is 1390. The summed E-state index contributed by atoms with van der Waals surface area (Å²) in [7, 11) is -5.15. The van der Waals surface area contributed by atoms with E-state index in [0.717, 1.165) is 64.2 Å². The number of phosphoric ester groups is 1. The molecule has 0 aromatic heterocycles. The molecule has 15 heteroatoms. The summed E-state index contributed by atoms with van der Waals surface area (Å²) in [5, 5.41) is 60.1. The largest absolute Gasteiger partial charge is 0.472 e. The zero-order valence-corrected chi connectivity index (χ0v) is 36.5. The highest BCUT2D eigenvalue weighted by atomic mass is 31.2. The molecule has 1 rings (SSSR count). The van der Waals surface area contributed by atoms with E-state index in [2.05, 4.69) is 50.3 Å². The van der Waals surface area contributed by atoms with Gasteiger partial charge in [-0.15, -0.1) is 0 Å². The number of rotatable bonds is 33. The maximum Gasteiger partial charge on any atom is 0.472 e. The first-order valence-corrected chi connectivity index (χ1v) is 23.0. The van der Waals surface area contributed by atoms with Gasteiger partial charge in [0.15, 0.2) is 6.10 Å². The minimum atomic E-state index is -5.15. The lowest BCUT2D eigenvalue weighted by Gasteiger charge is -2.41. The van der Waals surface area contributed by atoms with Gasteiger partial charge in [-0.05, 0) is 70.6 Å². The van der Waals surface area contributed by atoms with E-state index in [1.165, 1.54) is 0 Å². The van der Waals surface area contributed by atoms with Crippen molar-refractivity contribution in [3.8, 4) is 0 Å². The molecule has 1 aliphatic carbocycles. The summed E-state index contributed by atoms with van der Waals surface area (Å²) in [6, 6.07) is 0. The van der Waals surface area contributed by atoms with Gasteiger partial charge in [-0.3, -0.25) is 18.6 Å². The molecule has 342 valence electrons. The topological polar surface area (TPSA) is 230 Å². The monoisotopic (exact) mass is 868 g/mol. The molecule has 14 nitrogen and oxygen atoms in total. The molecule has 0 aliphatic heterocycles. The number of carbonyl (C=O) groups excluding carboxylic acids is 2. The molecule has 7 N–H and O–H groups in total. The van der Waals surface area contributed by atoms with Gasteiger partial charge < -0.3 is 45.0 Å². The first-order valence-electron chi connectivity index (χ1n) is 21.5. The lowest BCUT2D eigenvalue weighted by molar-refractivity contribution is -0.220. The van der Waals surface area contributed by atoms with Gasteiger partial charge in [0.05, 0.1) is 12.7 Å². The normalized spacial score (nSPS) is 23.6. The van der Waals surface area contributed by atoms with Crippen LogP contribution in [0.3, 0.4) is 0 Å². The van der Waals surface area contributed by atoms with Crippen LogP contribution in [-0.2, 0) is 32.7 Å². The predicted molar refractivity (Wildman–Crippen MR) is 231 cm³/mol. The van der Waals surface area contributed by atoms with E-state index in [9.17, 15) is 49.7 Å². The van der Waals surface area contributed by atoms with Crippen LogP contribution in [0.5, 0.6) is 0 Å². The Kier molecular flexibility index (Phi) is 31.7. The van der Waals surface area contributed by atoms with Crippen LogP contribution in [0.4, 0.5) is 0 Å². The molecule has 0 amide bonds. The van der Waals surface area contributed by atoms with Crippen LogP contribution >= 0.6 is 7.82 Å². The molecule has 0 radical (unpaired) electrons. The van der Waals surface area contributed by atoms with Gasteiger partial charge in [-0.2, -0.15) is 0 Å². The minimum absolute atomic E-state index is 0.0216. The highest BCUT2D eigenvalue weighted by Gasteiger charge is 2.51. The van der Waals surface area contributed by atoms with E-state index >= 15 is 0 Å². The molecule has 0 bridgehead atoms. The number of aliphatic hydroxyl groups excluding tert-OH is 6. The number of esters is 2. The van der Waals surface area contributed by atoms with E-state index in [-0.39, 0.29) is 12.8 Å². The minimum Gasteiger partial charge on any atom is -0.462 e. The van der Waals surface area contributed by atoms with Crippen molar-refractivity contribution in [1.82, 2.24) is 0 Å². The van der Waals surface area contributed by atoms with E-state index in [1.807, 2.05) is 36.5 Å². The van der Waals surface area contributed by atoms with Crippen LogP contribution in [0.25, 0.3) is 0 Å². The molecule has 0 heterocycles. The van der Waals surface area contributed by atoms with Crippen molar-refractivity contribution in [3.05, 3.63) is 85.1 Å². The van der Waals surface area contributed by atoms with Crippen LogP contribution < -0.4 is 0 Å². The average molecular weight is 869 g/mol. The number of hydrogen-bond acceptors (Lipinski definition) is 13. The average Bonchev–Trinajstić information content (AvgIpc) is 3.22. The summed E-state index contributed by atoms with van der Waals surface area (Å²) in [6.45, 7) is 2.95. The van der Waals surface area contributed by atoms with E-state index in [4.69, 9.17) is 18.5 Å². The van der Waals surface area contributed by atoms with Gasteiger partial charge in [-0.25, -0.2) is 4.57 Å². The summed E-state index contributed by atoms with van der Waals surface area (Å²) in [4.78, 5) is 35.6. The highest BCUT2D eigenvalue weighted by Crippen LogP contribution is 2.47. The fourth-order valence-electron chi connectivity index (χ4n) is 5.80. The number of allylic oxidation sites excluding steroid dienone is 12. The number of unbranched alkanes of at least 4 members (excludes halogenated alkanes) is 7. The maximum absolute atomic E-state index is 12.8. The molecule has 0 spiro atoms. The van der Waals surface area contributed by atoms with E-state index in [1.54, 1.807) is 12.2 Å². The van der Waals surface area contributed by atoms with E-state index in [0.29, 0.717) is 32.1 Å². The molecule has 60 heavy (non-hydrogen) atoms. The third-order valence-corrected chi connectivity index (χ3v) is 10.3. The van der Waals surface area contributed by atoms with Crippen LogP contribution in [0.15, 0.2) is 85.1 Å². The van der Waals surface area contributed by atoms with Crippen molar-refractivity contribution in [3.63, 3.8) is 0 Å². The number of phosphoric acid groups is 1. The molecular formula is C45H73O14P. The van der Waals surface area contributed by atoms with Crippen LogP contribution in [0.1, 0.15) is 123 Å². The smallest absolute Gasteiger partial charge is 0.462 e. The van der Waals surface area contributed by atoms with Crippen LogP contribution in [-0.4, -0.2) is 110 Å². The summed E-state index contributed by atoms with van der Waals surface area (Å²) >= 11 is 0. The van der Waals surface area contributed by atoms with Crippen LogP contribution in [0.2, 0.25) is 0 Å². The van der Waals surface area contributed by atoms with Gasteiger partial charge in [0, 0.05) is 12.8 Å². The Balaban J connectivity index is 2.59. The summed E-state index contributed by atoms with van der Waals surface area (Å²) in [5.41, 5.74) is 0. The quantitative estimate of drug-likeness (QED) is 0.0120. The first kappa shape index (κ1) is 55.0. The lowest BCUT2D eigenvalue weighted by Crippen LogP contribution is -2.64. The van der Waals surface area contributed by atoms with Crippen molar-refractivity contribution < 1.29 is 68.2 Å². The van der Waals surface area contributed by atoms with Gasteiger partial charge in [0.2, 0.25) is 0 Å². The second-order valence-corrected chi connectivity index (χ2v) is 16.1. The number of carbonyl (C=O) groups is 2. The molecule has 0 saturated heterocycles. The molecular weight excluding hydrogens is 795 g/mol. The zero-order chi connectivity index (χ0) is 44.4. The Morgan fingerprint density at radius 1 is 0.617 bits per heavy atom. The Hall–Kier alpha value is -3.01. The predicted octanol–water partition coefficient (Wildman–Crippen LogP) is 6.69. The fraction of sp³-hybridized carbons (Fsp3) is 0.644. The summed E-state index contributed by atoms with van der Waals surface area (Å²) in [6.07, 6.45) is 26.8. The van der Waals surface area contributed by atoms with Crippen LogP contribution in [0, 0.1) is 0 Å². The molecule has 0 aromatic carbocycles. The van der Waals surface area contributed by atoms with Crippen molar-refractivity contribution >= 4 is 19.8 Å². The molecule has 0 aromatic rings. The van der Waals surface area contributed by atoms with Crippen molar-refractivity contribution in [2.75, 3.05) is 13.2 Å². The number of hydrogen-bond donors (Lipinski definition) is 7. The van der Waals surface area contributed by atoms with E-state index < -0.39 is 81.8 Å². The number of aliphatic hydroxyl groups is 6. The van der Waals surface area contributed by atoms with Crippen molar-refractivity contribution in [2.24, 2.45) is 0 Å². The van der Waals surface area contributed by atoms with Gasteiger partial charge in [0.25, 0.3) is 0 Å². The zero-order valence-electron chi connectivity index (χ0n) is 35.6. The fourth-order valence-corrected chi connectivity index (χ4v) is 6.77.